The van der Waals surface area contributed by atoms with E-state index >= 15 is 0 Å². The van der Waals surface area contributed by atoms with E-state index in [1.807, 2.05) is 29.2 Å². The molecule has 0 bridgehead atoms. The van der Waals surface area contributed by atoms with Crippen LogP contribution in [-0.2, 0) is 4.79 Å². The van der Waals surface area contributed by atoms with Gasteiger partial charge in [0.1, 0.15) is 5.82 Å². The van der Waals surface area contributed by atoms with E-state index in [1.54, 1.807) is 11.8 Å². The maximum Gasteiger partial charge on any atom is 0.232 e. The van der Waals surface area contributed by atoms with Gasteiger partial charge in [0.15, 0.2) is 0 Å². The van der Waals surface area contributed by atoms with Gasteiger partial charge in [-0.05, 0) is 31.9 Å². The molecule has 1 unspecified atom stereocenters. The SMILES string of the molecule is CC(SCC(=O)N1CCCC1)c1nc2ccccc2[nH]1. The summed E-state index contributed by atoms with van der Waals surface area (Å²) in [6.07, 6.45) is 2.30. The topological polar surface area (TPSA) is 49.0 Å². The van der Waals surface area contributed by atoms with Crippen molar-refractivity contribution in [3.8, 4) is 0 Å². The fourth-order valence-electron chi connectivity index (χ4n) is 2.50. The summed E-state index contributed by atoms with van der Waals surface area (Å²) in [5, 5.41) is 0.203. The molecule has 4 nitrogen and oxygen atoms in total. The fraction of sp³-hybridized carbons (Fsp3) is 0.467. The Kier molecular flexibility index (Phi) is 3.96. The molecule has 0 saturated carbocycles. The lowest BCUT2D eigenvalue weighted by atomic mass is 10.3. The Balaban J connectivity index is 1.60. The molecule has 0 radical (unpaired) electrons. The molecule has 1 aliphatic heterocycles. The zero-order valence-electron chi connectivity index (χ0n) is 11.6. The number of fused-ring (bicyclic) bond motifs is 1. The second-order valence-electron chi connectivity index (χ2n) is 5.18. The van der Waals surface area contributed by atoms with Gasteiger partial charge in [0, 0.05) is 13.1 Å². The third-order valence-corrected chi connectivity index (χ3v) is 4.85. The average molecular weight is 289 g/mol. The van der Waals surface area contributed by atoms with Gasteiger partial charge < -0.3 is 9.88 Å². The van der Waals surface area contributed by atoms with E-state index in [9.17, 15) is 4.79 Å². The van der Waals surface area contributed by atoms with Crippen LogP contribution in [0.5, 0.6) is 0 Å². The Hall–Kier alpha value is -1.49. The first-order valence-corrected chi connectivity index (χ1v) is 8.13. The molecule has 1 aromatic heterocycles. The van der Waals surface area contributed by atoms with Gasteiger partial charge in [-0.2, -0.15) is 0 Å². The maximum absolute atomic E-state index is 12.0. The number of benzene rings is 1. The largest absolute Gasteiger partial charge is 0.342 e. The van der Waals surface area contributed by atoms with Gasteiger partial charge in [-0.15, -0.1) is 11.8 Å². The minimum Gasteiger partial charge on any atom is -0.342 e. The minimum absolute atomic E-state index is 0.203. The van der Waals surface area contributed by atoms with E-state index in [0.29, 0.717) is 5.75 Å². The first kappa shape index (κ1) is 13.5. The number of carbonyl (C=O) groups excluding carboxylic acids is 1. The lowest BCUT2D eigenvalue weighted by Gasteiger charge is -2.16. The minimum atomic E-state index is 0.203. The van der Waals surface area contributed by atoms with Crippen molar-refractivity contribution < 1.29 is 4.79 Å². The van der Waals surface area contributed by atoms with E-state index in [2.05, 4.69) is 16.9 Å². The van der Waals surface area contributed by atoms with Crippen LogP contribution in [0.3, 0.4) is 0 Å². The standard InChI is InChI=1S/C15H19N3OS/c1-11(20-10-14(19)18-8-4-5-9-18)15-16-12-6-2-3-7-13(12)17-15/h2-3,6-7,11H,4-5,8-10H2,1H3,(H,16,17). The van der Waals surface area contributed by atoms with Gasteiger partial charge >= 0.3 is 0 Å². The summed E-state index contributed by atoms with van der Waals surface area (Å²) >= 11 is 1.65. The molecule has 5 heteroatoms. The molecule has 3 rings (SSSR count). The molecule has 106 valence electrons. The highest BCUT2D eigenvalue weighted by atomic mass is 32.2. The summed E-state index contributed by atoms with van der Waals surface area (Å²) in [6.45, 7) is 3.95. The number of carbonyl (C=O) groups is 1. The predicted octanol–water partition coefficient (Wildman–Crippen LogP) is 2.98. The molecule has 0 spiro atoms. The summed E-state index contributed by atoms with van der Waals surface area (Å²) in [5.41, 5.74) is 2.04. The number of aromatic nitrogens is 2. The number of thioether (sulfide) groups is 1. The second-order valence-corrected chi connectivity index (χ2v) is 6.51. The zero-order chi connectivity index (χ0) is 13.9. The molecule has 0 aliphatic carbocycles. The van der Waals surface area contributed by atoms with Crippen LogP contribution in [-0.4, -0.2) is 39.6 Å². The number of amides is 1. The van der Waals surface area contributed by atoms with Gasteiger partial charge in [0.2, 0.25) is 5.91 Å². The van der Waals surface area contributed by atoms with Crippen LogP contribution in [0.2, 0.25) is 0 Å². The summed E-state index contributed by atoms with van der Waals surface area (Å²) < 4.78 is 0. The number of aromatic amines is 1. The van der Waals surface area contributed by atoms with Crippen LogP contribution < -0.4 is 0 Å². The third kappa shape index (κ3) is 2.82. The molecule has 1 atom stereocenters. The van der Waals surface area contributed by atoms with Crippen molar-refractivity contribution in [3.05, 3.63) is 30.1 Å². The third-order valence-electron chi connectivity index (χ3n) is 3.71. The molecular weight excluding hydrogens is 270 g/mol. The molecular formula is C15H19N3OS. The number of likely N-dealkylation sites (tertiary alicyclic amines) is 1. The van der Waals surface area contributed by atoms with Crippen molar-refractivity contribution in [1.29, 1.82) is 0 Å². The van der Waals surface area contributed by atoms with Crippen molar-refractivity contribution in [3.63, 3.8) is 0 Å². The molecule has 2 heterocycles. The van der Waals surface area contributed by atoms with Crippen LogP contribution in [0.15, 0.2) is 24.3 Å². The number of imidazole rings is 1. The molecule has 1 aromatic carbocycles. The van der Waals surface area contributed by atoms with E-state index < -0.39 is 0 Å². The van der Waals surface area contributed by atoms with Crippen LogP contribution in [0.25, 0.3) is 11.0 Å². The number of hydrogen-bond acceptors (Lipinski definition) is 3. The number of hydrogen-bond donors (Lipinski definition) is 1. The van der Waals surface area contributed by atoms with E-state index in [1.165, 1.54) is 0 Å². The van der Waals surface area contributed by atoms with Crippen LogP contribution in [0.1, 0.15) is 30.8 Å². The highest BCUT2D eigenvalue weighted by molar-refractivity contribution is 8.00. The molecule has 1 saturated heterocycles. The van der Waals surface area contributed by atoms with Crippen LogP contribution >= 0.6 is 11.8 Å². The summed E-state index contributed by atoms with van der Waals surface area (Å²) in [4.78, 5) is 21.9. The first-order chi connectivity index (χ1) is 9.74. The molecule has 1 fully saturated rings. The Bertz CT molecular complexity index is 571. The highest BCUT2D eigenvalue weighted by Gasteiger charge is 2.19. The average Bonchev–Trinajstić information content (AvgIpc) is 3.12. The van der Waals surface area contributed by atoms with Gasteiger partial charge in [0.25, 0.3) is 0 Å². The van der Waals surface area contributed by atoms with Crippen molar-refractivity contribution in [2.24, 2.45) is 0 Å². The van der Waals surface area contributed by atoms with E-state index in [4.69, 9.17) is 0 Å². The van der Waals surface area contributed by atoms with Gasteiger partial charge in [-0.3, -0.25) is 4.79 Å². The van der Waals surface area contributed by atoms with E-state index in [-0.39, 0.29) is 11.2 Å². The Morgan fingerprint density at radius 3 is 2.90 bits per heavy atom. The Morgan fingerprint density at radius 2 is 2.15 bits per heavy atom. The normalized spacial score (nSPS) is 16.8. The summed E-state index contributed by atoms with van der Waals surface area (Å²) in [6, 6.07) is 8.02. The monoisotopic (exact) mass is 289 g/mol. The summed E-state index contributed by atoms with van der Waals surface area (Å²) in [5.74, 6) is 1.75. The number of nitrogens with one attached hydrogen (secondary N) is 1. The lowest BCUT2D eigenvalue weighted by molar-refractivity contribution is -0.127. The highest BCUT2D eigenvalue weighted by Crippen LogP contribution is 2.28. The number of rotatable bonds is 4. The smallest absolute Gasteiger partial charge is 0.232 e. The van der Waals surface area contributed by atoms with Crippen LogP contribution in [0.4, 0.5) is 0 Å². The van der Waals surface area contributed by atoms with Crippen molar-refractivity contribution in [2.45, 2.75) is 25.0 Å². The Morgan fingerprint density at radius 1 is 1.40 bits per heavy atom. The molecule has 2 aromatic rings. The van der Waals surface area contributed by atoms with Crippen molar-refractivity contribution >= 4 is 28.7 Å². The van der Waals surface area contributed by atoms with Gasteiger partial charge in [-0.25, -0.2) is 4.98 Å². The van der Waals surface area contributed by atoms with Crippen molar-refractivity contribution in [1.82, 2.24) is 14.9 Å². The van der Waals surface area contributed by atoms with E-state index in [0.717, 1.165) is 42.8 Å². The number of nitrogens with zero attached hydrogens (tertiary/aromatic N) is 2. The first-order valence-electron chi connectivity index (χ1n) is 7.08. The second kappa shape index (κ2) is 5.87. The van der Waals surface area contributed by atoms with Crippen LogP contribution in [0, 0.1) is 0 Å². The van der Waals surface area contributed by atoms with Crippen molar-refractivity contribution in [2.75, 3.05) is 18.8 Å². The lowest BCUT2D eigenvalue weighted by Crippen LogP contribution is -2.29. The fourth-order valence-corrected chi connectivity index (χ4v) is 3.34. The molecule has 1 aliphatic rings. The molecule has 1 N–H and O–H groups in total. The number of H-pyrrole nitrogens is 1. The predicted molar refractivity (Wildman–Crippen MR) is 82.8 cm³/mol. The molecule has 1 amide bonds. The quantitative estimate of drug-likeness (QED) is 0.941. The van der Waals surface area contributed by atoms with Gasteiger partial charge in [0.05, 0.1) is 22.0 Å². The summed E-state index contributed by atoms with van der Waals surface area (Å²) in [7, 11) is 0. The number of para-hydroxylation sites is 2. The molecule has 20 heavy (non-hydrogen) atoms. The van der Waals surface area contributed by atoms with Gasteiger partial charge in [-0.1, -0.05) is 12.1 Å². The maximum atomic E-state index is 12.0. The Labute approximate surface area is 123 Å². The zero-order valence-corrected chi connectivity index (χ0v) is 12.4.